The monoisotopic (exact) mass is 316 g/mol. The second kappa shape index (κ2) is 6.16. The van der Waals surface area contributed by atoms with E-state index < -0.39 is 0 Å². The molecule has 4 heteroatoms. The van der Waals surface area contributed by atoms with Crippen LogP contribution >= 0.6 is 0 Å². The number of esters is 1. The molecule has 0 radical (unpaired) electrons. The Hall–Kier alpha value is -3.14. The lowest BCUT2D eigenvalue weighted by Crippen LogP contribution is -2.09. The summed E-state index contributed by atoms with van der Waals surface area (Å²) < 4.78 is 5.48. The molecule has 0 spiro atoms. The molecule has 0 bridgehead atoms. The summed E-state index contributed by atoms with van der Waals surface area (Å²) in [5.74, 6) is -0.312. The third-order valence-electron chi connectivity index (χ3n) is 4.15. The van der Waals surface area contributed by atoms with Crippen LogP contribution in [-0.2, 0) is 11.2 Å². The average Bonchev–Trinajstić information content (AvgIpc) is 3.04. The molecule has 118 valence electrons. The van der Waals surface area contributed by atoms with Crippen LogP contribution in [0.5, 0.6) is 0 Å². The van der Waals surface area contributed by atoms with Crippen LogP contribution in [0, 0.1) is 0 Å². The zero-order chi connectivity index (χ0) is 16.4. The summed E-state index contributed by atoms with van der Waals surface area (Å²) in [6, 6.07) is 17.4. The van der Waals surface area contributed by atoms with Gasteiger partial charge in [-0.25, -0.2) is 4.79 Å². The van der Waals surface area contributed by atoms with Crippen molar-refractivity contribution >= 4 is 27.8 Å². The van der Waals surface area contributed by atoms with E-state index in [9.17, 15) is 4.79 Å². The van der Waals surface area contributed by atoms with Gasteiger partial charge in [-0.05, 0) is 23.8 Å². The molecule has 0 aliphatic heterocycles. The third kappa shape index (κ3) is 2.63. The van der Waals surface area contributed by atoms with Gasteiger partial charge in [-0.1, -0.05) is 36.4 Å². The lowest BCUT2D eigenvalue weighted by Gasteiger charge is -2.07. The van der Waals surface area contributed by atoms with Gasteiger partial charge in [0, 0.05) is 35.1 Å². The molecule has 1 N–H and O–H groups in total. The van der Waals surface area contributed by atoms with Crippen LogP contribution in [0.15, 0.2) is 67.0 Å². The summed E-state index contributed by atoms with van der Waals surface area (Å²) in [5, 5.41) is 1.99. The molecular weight excluding hydrogens is 300 g/mol. The first-order valence-corrected chi connectivity index (χ1v) is 7.89. The number of pyridine rings is 1. The van der Waals surface area contributed by atoms with Gasteiger partial charge >= 0.3 is 5.97 Å². The van der Waals surface area contributed by atoms with Gasteiger partial charge in [0.2, 0.25) is 0 Å². The summed E-state index contributed by atoms with van der Waals surface area (Å²) in [6.45, 7) is 0.345. The van der Waals surface area contributed by atoms with E-state index in [1.807, 2.05) is 48.7 Å². The quantitative estimate of drug-likeness (QED) is 0.576. The lowest BCUT2D eigenvalue weighted by atomic mass is 10.1. The summed E-state index contributed by atoms with van der Waals surface area (Å²) in [5.41, 5.74) is 3.60. The molecule has 2 heterocycles. The molecule has 0 aliphatic rings. The average molecular weight is 316 g/mol. The SMILES string of the molecule is O=C(OCCc1c[nH]c2ccccc12)c1ccnc2ccccc12. The summed E-state index contributed by atoms with van der Waals surface area (Å²) in [7, 11) is 0. The van der Waals surface area contributed by atoms with Gasteiger partial charge in [0.25, 0.3) is 0 Å². The van der Waals surface area contributed by atoms with Crippen molar-refractivity contribution in [3.63, 3.8) is 0 Å². The number of nitrogens with zero attached hydrogens (tertiary/aromatic N) is 1. The number of aromatic amines is 1. The fraction of sp³-hybridized carbons (Fsp3) is 0.100. The Morgan fingerprint density at radius 1 is 1.00 bits per heavy atom. The predicted molar refractivity (Wildman–Crippen MR) is 94.0 cm³/mol. The summed E-state index contributed by atoms with van der Waals surface area (Å²) >= 11 is 0. The minimum Gasteiger partial charge on any atom is -0.462 e. The molecule has 0 atom stereocenters. The van der Waals surface area contributed by atoms with E-state index in [4.69, 9.17) is 4.74 Å². The number of hydrogen-bond acceptors (Lipinski definition) is 3. The van der Waals surface area contributed by atoms with Crippen molar-refractivity contribution in [2.24, 2.45) is 0 Å². The second-order valence-corrected chi connectivity index (χ2v) is 5.62. The molecule has 0 aliphatic carbocycles. The Morgan fingerprint density at radius 3 is 2.71 bits per heavy atom. The van der Waals surface area contributed by atoms with Crippen LogP contribution in [0.1, 0.15) is 15.9 Å². The van der Waals surface area contributed by atoms with Crippen LogP contribution in [0.3, 0.4) is 0 Å². The maximum atomic E-state index is 12.4. The number of nitrogens with one attached hydrogen (secondary N) is 1. The fourth-order valence-electron chi connectivity index (χ4n) is 2.94. The van der Waals surface area contributed by atoms with Gasteiger partial charge in [-0.2, -0.15) is 0 Å². The first-order valence-electron chi connectivity index (χ1n) is 7.89. The number of fused-ring (bicyclic) bond motifs is 2. The lowest BCUT2D eigenvalue weighted by molar-refractivity contribution is 0.0512. The Kier molecular flexibility index (Phi) is 3.71. The Balaban J connectivity index is 1.48. The van der Waals surface area contributed by atoms with E-state index in [1.54, 1.807) is 12.3 Å². The normalized spacial score (nSPS) is 11.0. The van der Waals surface area contributed by atoms with E-state index >= 15 is 0 Å². The molecule has 2 aromatic carbocycles. The third-order valence-corrected chi connectivity index (χ3v) is 4.15. The Labute approximate surface area is 139 Å². The van der Waals surface area contributed by atoms with Crippen molar-refractivity contribution in [1.29, 1.82) is 0 Å². The highest BCUT2D eigenvalue weighted by molar-refractivity contribution is 6.03. The number of benzene rings is 2. The van der Waals surface area contributed by atoms with Crippen LogP contribution in [-0.4, -0.2) is 22.5 Å². The van der Waals surface area contributed by atoms with Crippen LogP contribution in [0.25, 0.3) is 21.8 Å². The van der Waals surface area contributed by atoms with Gasteiger partial charge in [0.1, 0.15) is 0 Å². The van der Waals surface area contributed by atoms with Crippen LogP contribution in [0.2, 0.25) is 0 Å². The fourth-order valence-corrected chi connectivity index (χ4v) is 2.94. The molecule has 0 unspecified atom stereocenters. The Bertz CT molecular complexity index is 1010. The molecule has 0 fully saturated rings. The highest BCUT2D eigenvalue weighted by Gasteiger charge is 2.12. The van der Waals surface area contributed by atoms with Crippen LogP contribution < -0.4 is 0 Å². The minimum atomic E-state index is -0.312. The molecule has 24 heavy (non-hydrogen) atoms. The topological polar surface area (TPSA) is 55.0 Å². The first kappa shape index (κ1) is 14.5. The van der Waals surface area contributed by atoms with Crippen molar-refractivity contribution in [2.45, 2.75) is 6.42 Å². The Morgan fingerprint density at radius 2 is 1.79 bits per heavy atom. The van der Waals surface area contributed by atoms with Crippen molar-refractivity contribution in [3.05, 3.63) is 78.1 Å². The number of carbonyl (C=O) groups excluding carboxylic acids is 1. The number of hydrogen-bond donors (Lipinski definition) is 1. The summed E-state index contributed by atoms with van der Waals surface area (Å²) in [4.78, 5) is 19.9. The molecule has 0 amide bonds. The highest BCUT2D eigenvalue weighted by atomic mass is 16.5. The second-order valence-electron chi connectivity index (χ2n) is 5.62. The number of H-pyrrole nitrogens is 1. The number of carbonyl (C=O) groups is 1. The number of para-hydroxylation sites is 2. The van der Waals surface area contributed by atoms with Crippen LogP contribution in [0.4, 0.5) is 0 Å². The van der Waals surface area contributed by atoms with Gasteiger partial charge < -0.3 is 9.72 Å². The smallest absolute Gasteiger partial charge is 0.338 e. The molecule has 0 saturated heterocycles. The van der Waals surface area contributed by atoms with Gasteiger partial charge in [-0.3, -0.25) is 4.98 Å². The maximum Gasteiger partial charge on any atom is 0.338 e. The van der Waals surface area contributed by atoms with Gasteiger partial charge in [0.05, 0.1) is 17.7 Å². The molecule has 2 aromatic heterocycles. The number of rotatable bonds is 4. The zero-order valence-corrected chi connectivity index (χ0v) is 13.0. The van der Waals surface area contributed by atoms with E-state index in [0.29, 0.717) is 18.6 Å². The first-order chi connectivity index (χ1) is 11.8. The van der Waals surface area contributed by atoms with E-state index in [1.165, 1.54) is 5.39 Å². The molecule has 4 rings (SSSR count). The van der Waals surface area contributed by atoms with E-state index in [2.05, 4.69) is 16.0 Å². The molecule has 4 nitrogen and oxygen atoms in total. The van der Waals surface area contributed by atoms with Crippen molar-refractivity contribution in [3.8, 4) is 0 Å². The predicted octanol–water partition coefficient (Wildman–Crippen LogP) is 4.12. The van der Waals surface area contributed by atoms with Crippen molar-refractivity contribution in [1.82, 2.24) is 9.97 Å². The largest absolute Gasteiger partial charge is 0.462 e. The van der Waals surface area contributed by atoms with E-state index in [0.717, 1.165) is 22.0 Å². The highest BCUT2D eigenvalue weighted by Crippen LogP contribution is 2.19. The molecular formula is C20H16N2O2. The maximum absolute atomic E-state index is 12.4. The summed E-state index contributed by atoms with van der Waals surface area (Å²) in [6.07, 6.45) is 4.29. The van der Waals surface area contributed by atoms with Crippen molar-refractivity contribution < 1.29 is 9.53 Å². The zero-order valence-electron chi connectivity index (χ0n) is 13.0. The van der Waals surface area contributed by atoms with Gasteiger partial charge in [-0.15, -0.1) is 0 Å². The number of ether oxygens (including phenoxy) is 1. The minimum absolute atomic E-state index is 0.312. The standard InChI is InChI=1S/C20H16N2O2/c23-20(17-9-11-21-19-8-4-2-6-16(17)19)24-12-10-14-13-22-18-7-3-1-5-15(14)18/h1-9,11,13,22H,10,12H2. The molecule has 4 aromatic rings. The van der Waals surface area contributed by atoms with E-state index in [-0.39, 0.29) is 5.97 Å². The van der Waals surface area contributed by atoms with Gasteiger partial charge in [0.15, 0.2) is 0 Å². The van der Waals surface area contributed by atoms with Crippen molar-refractivity contribution in [2.75, 3.05) is 6.61 Å². The molecule has 0 saturated carbocycles. The number of aromatic nitrogens is 2.